The minimum absolute atomic E-state index is 0.0939. The van der Waals surface area contributed by atoms with E-state index in [-0.39, 0.29) is 24.6 Å². The molecule has 2 aliphatic carbocycles. The smallest absolute Gasteiger partial charge is 0.226 e. The summed E-state index contributed by atoms with van der Waals surface area (Å²) in [6.45, 7) is 0.983. The summed E-state index contributed by atoms with van der Waals surface area (Å²) in [7, 11) is 2.10. The first-order valence-electron chi connectivity index (χ1n) is 11.2. The van der Waals surface area contributed by atoms with Gasteiger partial charge in [0.15, 0.2) is 0 Å². The number of carbonyl (C=O) groups excluding carboxylic acids is 1. The lowest BCUT2D eigenvalue weighted by atomic mass is 9.79. The van der Waals surface area contributed by atoms with E-state index >= 15 is 0 Å². The van der Waals surface area contributed by atoms with Crippen LogP contribution in [0.3, 0.4) is 0 Å². The number of rotatable bonds is 3. The third-order valence-electron chi connectivity index (χ3n) is 7.75. The maximum absolute atomic E-state index is 13.2. The van der Waals surface area contributed by atoms with E-state index in [1.54, 1.807) is 0 Å². The average Bonchev–Trinajstić information content (AvgIpc) is 3.12. The van der Waals surface area contributed by atoms with Crippen LogP contribution in [0, 0.1) is 11.8 Å². The first-order chi connectivity index (χ1) is 13.7. The van der Waals surface area contributed by atoms with Crippen molar-refractivity contribution >= 4 is 17.2 Å². The minimum atomic E-state index is 0.0939. The van der Waals surface area contributed by atoms with Crippen LogP contribution < -0.4 is 4.90 Å². The van der Waals surface area contributed by atoms with Crippen LogP contribution in [0.15, 0.2) is 24.3 Å². The molecule has 0 spiro atoms. The number of hydrogen-bond donors (Lipinski definition) is 1. The van der Waals surface area contributed by atoms with E-state index < -0.39 is 0 Å². The molecular formula is C24H32N2O2. The summed E-state index contributed by atoms with van der Waals surface area (Å²) >= 11 is 0. The van der Waals surface area contributed by atoms with Gasteiger partial charge < -0.3 is 14.9 Å². The summed E-state index contributed by atoms with van der Waals surface area (Å²) in [6.07, 6.45) is 11.6. The largest absolute Gasteiger partial charge is 0.394 e. The molecule has 150 valence electrons. The van der Waals surface area contributed by atoms with E-state index in [0.29, 0.717) is 11.8 Å². The number of aliphatic hydroxyl groups excluding tert-OH is 1. The Kier molecular flexibility index (Phi) is 4.70. The minimum Gasteiger partial charge on any atom is -0.394 e. The zero-order valence-corrected chi connectivity index (χ0v) is 16.9. The topological polar surface area (TPSA) is 43.8 Å². The lowest BCUT2D eigenvalue weighted by molar-refractivity contribution is -0.139. The van der Waals surface area contributed by atoms with Gasteiger partial charge >= 0.3 is 0 Å². The van der Waals surface area contributed by atoms with E-state index in [1.165, 1.54) is 48.1 Å². The van der Waals surface area contributed by atoms with Gasteiger partial charge in [0.1, 0.15) is 0 Å². The number of allylic oxidation sites excluding steroid dienone is 2. The number of aliphatic hydroxyl groups is 1. The molecule has 0 bridgehead atoms. The van der Waals surface area contributed by atoms with Crippen LogP contribution in [0.25, 0.3) is 5.57 Å². The summed E-state index contributed by atoms with van der Waals surface area (Å²) in [5, 5.41) is 10.1. The van der Waals surface area contributed by atoms with Gasteiger partial charge in [0.2, 0.25) is 5.91 Å². The molecule has 4 heteroatoms. The molecule has 1 N–H and O–H groups in total. The highest BCUT2D eigenvalue weighted by Gasteiger charge is 2.49. The fourth-order valence-electron chi connectivity index (χ4n) is 5.89. The molecule has 2 aliphatic heterocycles. The van der Waals surface area contributed by atoms with Crippen LogP contribution in [0.4, 0.5) is 5.69 Å². The number of anilines is 1. The summed E-state index contributed by atoms with van der Waals surface area (Å²) in [5.74, 6) is 0.911. The molecule has 0 unspecified atom stereocenters. The number of hydrogen-bond acceptors (Lipinski definition) is 3. The quantitative estimate of drug-likeness (QED) is 0.857. The Morgan fingerprint density at radius 3 is 2.71 bits per heavy atom. The number of benzene rings is 1. The van der Waals surface area contributed by atoms with Crippen molar-refractivity contribution in [3.05, 3.63) is 35.4 Å². The van der Waals surface area contributed by atoms with Gasteiger partial charge in [-0.25, -0.2) is 0 Å². The molecule has 1 amide bonds. The Hall–Kier alpha value is -1.81. The van der Waals surface area contributed by atoms with Crippen molar-refractivity contribution in [1.29, 1.82) is 0 Å². The lowest BCUT2D eigenvalue weighted by Crippen LogP contribution is -2.49. The summed E-state index contributed by atoms with van der Waals surface area (Å²) in [4.78, 5) is 17.6. The predicted molar refractivity (Wildman–Crippen MR) is 112 cm³/mol. The molecule has 2 heterocycles. The van der Waals surface area contributed by atoms with Crippen LogP contribution >= 0.6 is 0 Å². The lowest BCUT2D eigenvalue weighted by Gasteiger charge is -2.45. The van der Waals surface area contributed by atoms with Gasteiger partial charge in [-0.2, -0.15) is 0 Å². The number of nitrogens with zero attached hydrogens (tertiary/aromatic N) is 2. The van der Waals surface area contributed by atoms with E-state index in [1.807, 2.05) is 0 Å². The van der Waals surface area contributed by atoms with E-state index in [9.17, 15) is 9.90 Å². The van der Waals surface area contributed by atoms with Crippen molar-refractivity contribution in [3.63, 3.8) is 0 Å². The number of amides is 1. The molecule has 0 aromatic heterocycles. The second kappa shape index (κ2) is 7.22. The number of likely N-dealkylation sites (tertiary alicyclic amines) is 1. The van der Waals surface area contributed by atoms with Crippen molar-refractivity contribution in [3.8, 4) is 0 Å². The van der Waals surface area contributed by atoms with E-state index in [4.69, 9.17) is 0 Å². The highest BCUT2D eigenvalue weighted by atomic mass is 16.3. The molecule has 1 saturated heterocycles. The fourth-order valence-corrected chi connectivity index (χ4v) is 5.89. The Bertz CT molecular complexity index is 798. The molecule has 4 aliphatic rings. The highest BCUT2D eigenvalue weighted by molar-refractivity contribution is 5.81. The zero-order valence-electron chi connectivity index (χ0n) is 16.9. The van der Waals surface area contributed by atoms with Crippen molar-refractivity contribution in [2.24, 2.45) is 11.8 Å². The van der Waals surface area contributed by atoms with Gasteiger partial charge in [-0.15, -0.1) is 0 Å². The molecule has 1 aromatic rings. The van der Waals surface area contributed by atoms with E-state index in [0.717, 1.165) is 32.2 Å². The monoisotopic (exact) mass is 380 g/mol. The van der Waals surface area contributed by atoms with Crippen LogP contribution in [0.1, 0.15) is 68.5 Å². The zero-order chi connectivity index (χ0) is 19.3. The molecule has 1 saturated carbocycles. The van der Waals surface area contributed by atoms with Crippen molar-refractivity contribution in [2.75, 3.05) is 25.1 Å². The Morgan fingerprint density at radius 2 is 2.04 bits per heavy atom. The maximum atomic E-state index is 13.2. The van der Waals surface area contributed by atoms with Crippen LogP contribution in [0.2, 0.25) is 0 Å². The molecule has 4 nitrogen and oxygen atoms in total. The van der Waals surface area contributed by atoms with Crippen molar-refractivity contribution in [2.45, 2.75) is 63.5 Å². The molecule has 2 fully saturated rings. The number of fused-ring (bicyclic) bond motifs is 3. The van der Waals surface area contributed by atoms with Crippen molar-refractivity contribution in [1.82, 2.24) is 4.90 Å². The number of carbonyl (C=O) groups is 1. The van der Waals surface area contributed by atoms with Gasteiger partial charge in [-0.3, -0.25) is 4.79 Å². The summed E-state index contributed by atoms with van der Waals surface area (Å²) < 4.78 is 0. The Morgan fingerprint density at radius 1 is 1.18 bits per heavy atom. The molecule has 3 atom stereocenters. The van der Waals surface area contributed by atoms with Gasteiger partial charge in [-0.1, -0.05) is 18.6 Å². The number of likely N-dealkylation sites (N-methyl/N-ethyl adjacent to an activating group) is 1. The molecular weight excluding hydrogens is 348 g/mol. The summed E-state index contributed by atoms with van der Waals surface area (Å²) in [5.41, 5.74) is 5.28. The SMILES string of the molecule is CN1c2ccc(C3=CCCCC3)cc2[C@H]2[C@H](CCN2C(=O)C2CCC2)[C@@H]1CO. The molecule has 28 heavy (non-hydrogen) atoms. The highest BCUT2D eigenvalue weighted by Crippen LogP contribution is 2.50. The fraction of sp³-hybridized carbons (Fsp3) is 0.625. The second-order valence-corrected chi connectivity index (χ2v) is 9.17. The second-order valence-electron chi connectivity index (χ2n) is 9.17. The average molecular weight is 381 g/mol. The Balaban J connectivity index is 1.56. The third-order valence-corrected chi connectivity index (χ3v) is 7.75. The van der Waals surface area contributed by atoms with Gasteiger partial charge in [0, 0.05) is 31.1 Å². The predicted octanol–water partition coefficient (Wildman–Crippen LogP) is 4.14. The van der Waals surface area contributed by atoms with Gasteiger partial charge in [0.05, 0.1) is 18.7 Å². The first kappa shape index (κ1) is 18.2. The summed E-state index contributed by atoms with van der Waals surface area (Å²) in [6, 6.07) is 7.05. The molecule has 1 aromatic carbocycles. The van der Waals surface area contributed by atoms with E-state index in [2.05, 4.69) is 41.1 Å². The maximum Gasteiger partial charge on any atom is 0.226 e. The normalized spacial score (nSPS) is 29.8. The molecule has 5 rings (SSSR count). The van der Waals surface area contributed by atoms with Crippen LogP contribution in [-0.2, 0) is 4.79 Å². The Labute approximate surface area is 168 Å². The van der Waals surface area contributed by atoms with Gasteiger partial charge in [0.25, 0.3) is 0 Å². The van der Waals surface area contributed by atoms with Crippen LogP contribution in [-0.4, -0.2) is 42.2 Å². The standard InChI is InChI=1S/C24H32N2O2/c1-25-21-11-10-18(16-6-3-2-4-7-16)14-20(21)23-19(22(25)15-27)12-13-26(23)24(28)17-8-5-9-17/h6,10-11,14,17,19,22-23,27H,2-5,7-9,12-13,15H2,1H3/t19-,22+,23-/m1/s1. The van der Waals surface area contributed by atoms with Gasteiger partial charge in [-0.05, 0) is 73.8 Å². The van der Waals surface area contributed by atoms with Crippen molar-refractivity contribution < 1.29 is 9.90 Å². The first-order valence-corrected chi connectivity index (χ1v) is 11.2. The van der Waals surface area contributed by atoms with Crippen LogP contribution in [0.5, 0.6) is 0 Å². The third kappa shape index (κ3) is 2.80. The molecule has 0 radical (unpaired) electrons.